The van der Waals surface area contributed by atoms with Crippen molar-refractivity contribution < 1.29 is 9.21 Å². The summed E-state index contributed by atoms with van der Waals surface area (Å²) < 4.78 is 6.73. The molecule has 2 heterocycles. The minimum Gasteiger partial charge on any atom is -0.408 e. The molecule has 1 N–H and O–H groups in total. The highest BCUT2D eigenvalue weighted by Gasteiger charge is 2.18. The number of hydrogen-bond donors (Lipinski definition) is 1. The van der Waals surface area contributed by atoms with Gasteiger partial charge < -0.3 is 14.3 Å². The predicted octanol–water partition coefficient (Wildman–Crippen LogP) is 3.45. The van der Waals surface area contributed by atoms with Gasteiger partial charge in [-0.2, -0.15) is 0 Å². The van der Waals surface area contributed by atoms with Gasteiger partial charge in [-0.05, 0) is 29.8 Å². The summed E-state index contributed by atoms with van der Waals surface area (Å²) in [7, 11) is 0. The summed E-state index contributed by atoms with van der Waals surface area (Å²) in [6.07, 6.45) is 0.0914. The highest BCUT2D eigenvalue weighted by Crippen LogP contribution is 2.15. The summed E-state index contributed by atoms with van der Waals surface area (Å²) in [5, 5.41) is 0.499. The van der Waals surface area contributed by atoms with Crippen LogP contribution >= 0.6 is 0 Å². The van der Waals surface area contributed by atoms with Crippen LogP contribution in [0.3, 0.4) is 0 Å². The molecule has 0 fully saturated rings. The zero-order valence-corrected chi connectivity index (χ0v) is 18.3. The Morgan fingerprint density at radius 3 is 2.50 bits per heavy atom. The minimum atomic E-state index is -0.496. The van der Waals surface area contributed by atoms with E-state index in [4.69, 9.17) is 4.42 Å². The average molecular weight is 454 g/mol. The van der Waals surface area contributed by atoms with Crippen LogP contribution in [0.15, 0.2) is 92.9 Å². The second-order valence-electron chi connectivity index (χ2n) is 8.00. The molecule has 8 heteroatoms. The number of aromatic nitrogens is 3. The molecule has 0 bridgehead atoms. The normalized spacial score (nSPS) is 11.2. The van der Waals surface area contributed by atoms with Gasteiger partial charge in [0.25, 0.3) is 5.56 Å². The molecule has 0 saturated carbocycles. The number of hydrogen-bond acceptors (Lipinski definition) is 5. The van der Waals surface area contributed by atoms with Gasteiger partial charge in [-0.25, -0.2) is 9.78 Å². The summed E-state index contributed by atoms with van der Waals surface area (Å²) in [5.41, 5.74) is 2.41. The summed E-state index contributed by atoms with van der Waals surface area (Å²) in [4.78, 5) is 47.1. The molecular formula is C26H22N4O4. The number of nitrogens with one attached hydrogen (secondary N) is 1. The van der Waals surface area contributed by atoms with Crippen molar-refractivity contribution in [2.24, 2.45) is 0 Å². The van der Waals surface area contributed by atoms with Gasteiger partial charge in [0, 0.05) is 19.5 Å². The number of carbonyl (C=O) groups excluding carboxylic acids is 1. The zero-order valence-electron chi connectivity index (χ0n) is 18.3. The molecule has 0 spiro atoms. The third-order valence-corrected chi connectivity index (χ3v) is 5.69. The van der Waals surface area contributed by atoms with Gasteiger partial charge >= 0.3 is 5.76 Å². The first-order valence-electron chi connectivity index (χ1n) is 11.0. The van der Waals surface area contributed by atoms with E-state index in [2.05, 4.69) is 9.97 Å². The molecular weight excluding hydrogens is 432 g/mol. The van der Waals surface area contributed by atoms with Crippen molar-refractivity contribution in [1.82, 2.24) is 19.4 Å². The number of amides is 1. The quantitative estimate of drug-likeness (QED) is 0.406. The second-order valence-corrected chi connectivity index (χ2v) is 8.00. The summed E-state index contributed by atoms with van der Waals surface area (Å²) in [6, 6.07) is 23.8. The molecule has 0 aliphatic carbocycles. The highest BCUT2D eigenvalue weighted by molar-refractivity contribution is 5.78. The Morgan fingerprint density at radius 2 is 1.65 bits per heavy atom. The number of fused-ring (bicyclic) bond motifs is 2. The first-order valence-corrected chi connectivity index (χ1v) is 11.0. The van der Waals surface area contributed by atoms with Crippen LogP contribution in [0.4, 0.5) is 0 Å². The van der Waals surface area contributed by atoms with Crippen molar-refractivity contribution in [3.63, 3.8) is 0 Å². The van der Waals surface area contributed by atoms with Crippen LogP contribution < -0.4 is 11.3 Å². The monoisotopic (exact) mass is 454 g/mol. The molecule has 170 valence electrons. The Labute approximate surface area is 194 Å². The molecule has 5 rings (SSSR count). The summed E-state index contributed by atoms with van der Waals surface area (Å²) in [5.74, 6) is -0.264. The second kappa shape index (κ2) is 9.19. The van der Waals surface area contributed by atoms with E-state index < -0.39 is 5.76 Å². The summed E-state index contributed by atoms with van der Waals surface area (Å²) >= 11 is 0. The van der Waals surface area contributed by atoms with Crippen molar-refractivity contribution >= 4 is 27.9 Å². The van der Waals surface area contributed by atoms with Gasteiger partial charge in [0.1, 0.15) is 5.82 Å². The molecule has 0 aliphatic rings. The van der Waals surface area contributed by atoms with Crippen molar-refractivity contribution in [2.75, 3.05) is 0 Å². The number of H-pyrrole nitrogens is 1. The fraction of sp³-hybridized carbons (Fsp3) is 0.154. The third kappa shape index (κ3) is 4.38. The van der Waals surface area contributed by atoms with Crippen LogP contribution in [0.25, 0.3) is 22.0 Å². The van der Waals surface area contributed by atoms with E-state index in [-0.39, 0.29) is 31.0 Å². The Hall–Kier alpha value is -4.46. The zero-order chi connectivity index (χ0) is 23.5. The number of nitrogens with zero attached hydrogens (tertiary/aromatic N) is 3. The Kier molecular flexibility index (Phi) is 5.78. The number of para-hydroxylation sites is 3. The Morgan fingerprint density at radius 1 is 0.912 bits per heavy atom. The maximum absolute atomic E-state index is 13.3. The topological polar surface area (TPSA) is 101 Å². The molecule has 1 amide bonds. The molecule has 0 saturated heterocycles. The minimum absolute atomic E-state index is 0.0914. The first kappa shape index (κ1) is 21.4. The molecule has 5 aromatic rings. The molecule has 8 nitrogen and oxygen atoms in total. The Balaban J connectivity index is 1.41. The first-order chi connectivity index (χ1) is 16.6. The molecule has 0 unspecified atom stereocenters. The molecule has 0 aliphatic heterocycles. The smallest absolute Gasteiger partial charge is 0.408 e. The van der Waals surface area contributed by atoms with Crippen LogP contribution in [0.5, 0.6) is 0 Å². The van der Waals surface area contributed by atoms with Crippen LogP contribution in [-0.2, 0) is 24.4 Å². The fourth-order valence-corrected chi connectivity index (χ4v) is 4.02. The van der Waals surface area contributed by atoms with Gasteiger partial charge in [0.15, 0.2) is 5.58 Å². The standard InChI is InChI=1S/C26H22N4O4/c31-24(14-15-30-21-12-6-7-13-22(21)34-26(30)33)29(16-18-8-2-1-3-9-18)17-23-27-20-11-5-4-10-19(20)25(32)28-23/h1-13H,14-17H2,(H,27,28,32). The van der Waals surface area contributed by atoms with Crippen molar-refractivity contribution in [1.29, 1.82) is 0 Å². The summed E-state index contributed by atoms with van der Waals surface area (Å²) in [6.45, 7) is 0.660. The maximum atomic E-state index is 13.3. The van der Waals surface area contributed by atoms with Crippen LogP contribution in [0.1, 0.15) is 17.8 Å². The lowest BCUT2D eigenvalue weighted by molar-refractivity contribution is -0.132. The van der Waals surface area contributed by atoms with E-state index in [1.807, 2.05) is 42.5 Å². The SMILES string of the molecule is O=C(CCn1c(=O)oc2ccccc21)N(Cc1ccccc1)Cc1nc2ccccc2c(=O)[nH]1. The van der Waals surface area contributed by atoms with Crippen molar-refractivity contribution in [3.05, 3.63) is 111 Å². The number of carbonyl (C=O) groups is 1. The van der Waals surface area contributed by atoms with Crippen LogP contribution in [0, 0.1) is 0 Å². The predicted molar refractivity (Wildman–Crippen MR) is 128 cm³/mol. The fourth-order valence-electron chi connectivity index (χ4n) is 4.02. The Bertz CT molecular complexity index is 1580. The van der Waals surface area contributed by atoms with Gasteiger partial charge in [-0.15, -0.1) is 0 Å². The van der Waals surface area contributed by atoms with E-state index in [1.165, 1.54) is 4.57 Å². The highest BCUT2D eigenvalue weighted by atomic mass is 16.4. The van der Waals surface area contributed by atoms with Crippen LogP contribution in [-0.4, -0.2) is 25.3 Å². The maximum Gasteiger partial charge on any atom is 0.419 e. The number of benzene rings is 3. The van der Waals surface area contributed by atoms with E-state index in [1.54, 1.807) is 41.3 Å². The van der Waals surface area contributed by atoms with Gasteiger partial charge in [-0.3, -0.25) is 14.2 Å². The van der Waals surface area contributed by atoms with E-state index in [0.29, 0.717) is 34.4 Å². The number of oxazole rings is 1. The van der Waals surface area contributed by atoms with Crippen molar-refractivity contribution in [3.8, 4) is 0 Å². The molecule has 2 aromatic heterocycles. The van der Waals surface area contributed by atoms with Crippen molar-refractivity contribution in [2.45, 2.75) is 26.1 Å². The average Bonchev–Trinajstić information content (AvgIpc) is 3.17. The molecule has 0 radical (unpaired) electrons. The number of aryl methyl sites for hydroxylation is 1. The van der Waals surface area contributed by atoms with E-state index in [0.717, 1.165) is 5.56 Å². The lowest BCUT2D eigenvalue weighted by Crippen LogP contribution is -2.33. The van der Waals surface area contributed by atoms with Gasteiger partial charge in [0.2, 0.25) is 5.91 Å². The van der Waals surface area contributed by atoms with E-state index in [9.17, 15) is 14.4 Å². The molecule has 0 atom stereocenters. The van der Waals surface area contributed by atoms with Crippen LogP contribution in [0.2, 0.25) is 0 Å². The van der Waals surface area contributed by atoms with Gasteiger partial charge in [-0.1, -0.05) is 54.6 Å². The molecule has 34 heavy (non-hydrogen) atoms. The van der Waals surface area contributed by atoms with E-state index >= 15 is 0 Å². The largest absolute Gasteiger partial charge is 0.419 e. The number of aromatic amines is 1. The molecule has 3 aromatic carbocycles. The lowest BCUT2D eigenvalue weighted by atomic mass is 10.2. The number of rotatable bonds is 7. The lowest BCUT2D eigenvalue weighted by Gasteiger charge is -2.22. The van der Waals surface area contributed by atoms with Gasteiger partial charge in [0.05, 0.1) is 23.0 Å². The third-order valence-electron chi connectivity index (χ3n) is 5.69.